The Morgan fingerprint density at radius 2 is 1.86 bits per heavy atom. The van der Waals surface area contributed by atoms with E-state index in [1.807, 2.05) is 13.8 Å². The minimum Gasteiger partial charge on any atom is -0.382 e. The quantitative estimate of drug-likeness (QED) is 0.330. The van der Waals surface area contributed by atoms with Crippen LogP contribution in [-0.4, -0.2) is 51.5 Å². The second kappa shape index (κ2) is 14.1. The van der Waals surface area contributed by atoms with Crippen LogP contribution in [-0.2, 0) is 9.47 Å². The van der Waals surface area contributed by atoms with Crippen LogP contribution in [0, 0.1) is 5.92 Å². The van der Waals surface area contributed by atoms with E-state index >= 15 is 0 Å². The summed E-state index contributed by atoms with van der Waals surface area (Å²) in [6.07, 6.45) is 2.26. The predicted octanol–water partition coefficient (Wildman–Crippen LogP) is 2.42. The number of hydrogen-bond donors (Lipinski definition) is 2. The SMILES string of the molecule is CCNC(=NCCCOCC)NCCC(OCC)C(C)C. The fraction of sp³-hybridized carbons (Fsp3) is 0.938. The van der Waals surface area contributed by atoms with Gasteiger partial charge < -0.3 is 20.1 Å². The zero-order valence-electron chi connectivity index (χ0n) is 14.6. The molecule has 1 unspecified atom stereocenters. The summed E-state index contributed by atoms with van der Waals surface area (Å²) in [6, 6.07) is 0. The Morgan fingerprint density at radius 1 is 1.10 bits per heavy atom. The zero-order chi connectivity index (χ0) is 15.9. The van der Waals surface area contributed by atoms with E-state index in [-0.39, 0.29) is 0 Å². The number of ether oxygens (including phenoxy) is 2. The largest absolute Gasteiger partial charge is 0.382 e. The molecule has 5 heteroatoms. The number of nitrogens with one attached hydrogen (secondary N) is 2. The van der Waals surface area contributed by atoms with Crippen molar-refractivity contribution in [3.8, 4) is 0 Å². The molecule has 2 N–H and O–H groups in total. The highest BCUT2D eigenvalue weighted by Gasteiger charge is 2.12. The van der Waals surface area contributed by atoms with Gasteiger partial charge in [-0.25, -0.2) is 0 Å². The average molecular weight is 301 g/mol. The van der Waals surface area contributed by atoms with E-state index in [0.717, 1.165) is 58.3 Å². The van der Waals surface area contributed by atoms with E-state index in [1.165, 1.54) is 0 Å². The van der Waals surface area contributed by atoms with E-state index < -0.39 is 0 Å². The maximum absolute atomic E-state index is 5.75. The monoisotopic (exact) mass is 301 g/mol. The molecular formula is C16H35N3O2. The first-order valence-electron chi connectivity index (χ1n) is 8.37. The van der Waals surface area contributed by atoms with Crippen LogP contribution < -0.4 is 10.6 Å². The average Bonchev–Trinajstić information content (AvgIpc) is 2.45. The molecular weight excluding hydrogens is 266 g/mol. The molecule has 0 bridgehead atoms. The van der Waals surface area contributed by atoms with Crippen molar-refractivity contribution in [2.24, 2.45) is 10.9 Å². The Morgan fingerprint density at radius 3 is 2.43 bits per heavy atom. The highest BCUT2D eigenvalue weighted by atomic mass is 16.5. The highest BCUT2D eigenvalue weighted by molar-refractivity contribution is 5.79. The van der Waals surface area contributed by atoms with Gasteiger partial charge in [0.1, 0.15) is 0 Å². The minimum atomic E-state index is 0.309. The molecule has 5 nitrogen and oxygen atoms in total. The van der Waals surface area contributed by atoms with Crippen LogP contribution in [0.15, 0.2) is 4.99 Å². The van der Waals surface area contributed by atoms with Gasteiger partial charge in [-0.05, 0) is 39.5 Å². The van der Waals surface area contributed by atoms with Gasteiger partial charge in [0, 0.05) is 39.5 Å². The van der Waals surface area contributed by atoms with E-state index in [2.05, 4.69) is 36.4 Å². The first kappa shape index (κ1) is 20.2. The van der Waals surface area contributed by atoms with Crippen LogP contribution >= 0.6 is 0 Å². The first-order chi connectivity index (χ1) is 10.2. The summed E-state index contributed by atoms with van der Waals surface area (Å²) in [7, 11) is 0. The van der Waals surface area contributed by atoms with Crippen LogP contribution in [0.25, 0.3) is 0 Å². The van der Waals surface area contributed by atoms with Crippen LogP contribution in [0.4, 0.5) is 0 Å². The third kappa shape index (κ3) is 11.5. The van der Waals surface area contributed by atoms with Crippen LogP contribution in [0.2, 0.25) is 0 Å². The van der Waals surface area contributed by atoms with Crippen LogP contribution in [0.5, 0.6) is 0 Å². The first-order valence-corrected chi connectivity index (χ1v) is 8.37. The molecule has 0 aliphatic carbocycles. The Labute approximate surface area is 130 Å². The molecule has 0 amide bonds. The number of hydrogen-bond acceptors (Lipinski definition) is 3. The molecule has 0 aliphatic rings. The molecule has 0 aromatic heterocycles. The van der Waals surface area contributed by atoms with Gasteiger partial charge in [-0.2, -0.15) is 0 Å². The molecule has 0 spiro atoms. The van der Waals surface area contributed by atoms with Gasteiger partial charge in [-0.1, -0.05) is 13.8 Å². The third-order valence-electron chi connectivity index (χ3n) is 3.11. The summed E-state index contributed by atoms with van der Waals surface area (Å²) >= 11 is 0. The van der Waals surface area contributed by atoms with Crippen molar-refractivity contribution in [2.45, 2.75) is 53.6 Å². The van der Waals surface area contributed by atoms with Crippen molar-refractivity contribution in [1.82, 2.24) is 10.6 Å². The predicted molar refractivity (Wildman–Crippen MR) is 90.0 cm³/mol. The van der Waals surface area contributed by atoms with Gasteiger partial charge in [0.2, 0.25) is 0 Å². The van der Waals surface area contributed by atoms with E-state index in [9.17, 15) is 0 Å². The molecule has 0 aliphatic heterocycles. The van der Waals surface area contributed by atoms with Crippen LogP contribution in [0.3, 0.4) is 0 Å². The number of nitrogens with zero attached hydrogens (tertiary/aromatic N) is 1. The molecule has 0 saturated carbocycles. The van der Waals surface area contributed by atoms with Gasteiger partial charge in [-0.15, -0.1) is 0 Å². The maximum atomic E-state index is 5.75. The molecule has 0 fully saturated rings. The fourth-order valence-corrected chi connectivity index (χ4v) is 2.00. The van der Waals surface area contributed by atoms with Crippen molar-refractivity contribution in [3.63, 3.8) is 0 Å². The summed E-state index contributed by atoms with van der Waals surface area (Å²) in [5, 5.41) is 6.64. The zero-order valence-corrected chi connectivity index (χ0v) is 14.6. The normalized spacial score (nSPS) is 13.5. The Hall–Kier alpha value is -0.810. The van der Waals surface area contributed by atoms with Gasteiger partial charge in [0.25, 0.3) is 0 Å². The molecule has 0 aromatic rings. The fourth-order valence-electron chi connectivity index (χ4n) is 2.00. The van der Waals surface area contributed by atoms with Crippen molar-refractivity contribution >= 4 is 5.96 Å². The summed E-state index contributed by atoms with van der Waals surface area (Å²) < 4.78 is 11.1. The molecule has 0 aromatic carbocycles. The number of rotatable bonds is 12. The lowest BCUT2D eigenvalue weighted by atomic mass is 10.0. The van der Waals surface area contributed by atoms with E-state index in [4.69, 9.17) is 9.47 Å². The Kier molecular flexibility index (Phi) is 13.6. The number of aliphatic imine (C=N–C) groups is 1. The van der Waals surface area contributed by atoms with Crippen LogP contribution in [0.1, 0.15) is 47.5 Å². The van der Waals surface area contributed by atoms with Gasteiger partial charge in [-0.3, -0.25) is 4.99 Å². The highest BCUT2D eigenvalue weighted by Crippen LogP contribution is 2.09. The van der Waals surface area contributed by atoms with Crippen molar-refractivity contribution in [2.75, 3.05) is 39.5 Å². The molecule has 0 heterocycles. The molecule has 0 saturated heterocycles. The Balaban J connectivity index is 4.03. The topological polar surface area (TPSA) is 54.9 Å². The van der Waals surface area contributed by atoms with Crippen molar-refractivity contribution in [3.05, 3.63) is 0 Å². The Bertz CT molecular complexity index is 258. The summed E-state index contributed by atoms with van der Waals surface area (Å²) in [4.78, 5) is 4.55. The lowest BCUT2D eigenvalue weighted by molar-refractivity contribution is 0.0258. The minimum absolute atomic E-state index is 0.309. The lowest BCUT2D eigenvalue weighted by Crippen LogP contribution is -2.39. The maximum Gasteiger partial charge on any atom is 0.191 e. The van der Waals surface area contributed by atoms with E-state index in [0.29, 0.717) is 12.0 Å². The molecule has 0 radical (unpaired) electrons. The van der Waals surface area contributed by atoms with Gasteiger partial charge >= 0.3 is 0 Å². The smallest absolute Gasteiger partial charge is 0.191 e. The summed E-state index contributed by atoms with van der Waals surface area (Å²) in [5.74, 6) is 1.42. The summed E-state index contributed by atoms with van der Waals surface area (Å²) in [6.45, 7) is 15.4. The molecule has 21 heavy (non-hydrogen) atoms. The summed E-state index contributed by atoms with van der Waals surface area (Å²) in [5.41, 5.74) is 0. The second-order valence-corrected chi connectivity index (χ2v) is 5.26. The van der Waals surface area contributed by atoms with E-state index in [1.54, 1.807) is 0 Å². The molecule has 1 atom stereocenters. The lowest BCUT2D eigenvalue weighted by Gasteiger charge is -2.21. The van der Waals surface area contributed by atoms with Gasteiger partial charge in [0.05, 0.1) is 6.10 Å². The van der Waals surface area contributed by atoms with Crippen molar-refractivity contribution in [1.29, 1.82) is 0 Å². The van der Waals surface area contributed by atoms with Crippen molar-refractivity contribution < 1.29 is 9.47 Å². The standard InChI is InChI=1S/C16H35N3O2/c1-6-17-16(18-11-9-13-20-7-2)19-12-10-15(14(4)5)21-8-3/h14-15H,6-13H2,1-5H3,(H2,17,18,19). The number of guanidine groups is 1. The molecule has 0 rings (SSSR count). The third-order valence-corrected chi connectivity index (χ3v) is 3.11. The van der Waals surface area contributed by atoms with Gasteiger partial charge in [0.15, 0.2) is 5.96 Å². The second-order valence-electron chi connectivity index (χ2n) is 5.26. The molecule has 126 valence electrons.